The van der Waals surface area contributed by atoms with E-state index in [4.69, 9.17) is 0 Å². The van der Waals surface area contributed by atoms with Crippen molar-refractivity contribution in [3.05, 3.63) is 53.6 Å². The van der Waals surface area contributed by atoms with Gasteiger partial charge in [-0.2, -0.15) is 0 Å². The predicted molar refractivity (Wildman–Crippen MR) is 89.7 cm³/mol. The first-order valence-electron chi connectivity index (χ1n) is 8.36. The maximum atomic E-state index is 3.75. The SMILES string of the molecule is c1ccc2c(c1)Cc1c(NCC3CCCCC3)cccc1-2. The molecule has 0 spiro atoms. The molecule has 2 aromatic rings. The smallest absolute Gasteiger partial charge is 0.0382 e. The Bertz CT molecular complexity index is 638. The molecule has 2 aromatic carbocycles. The summed E-state index contributed by atoms with van der Waals surface area (Å²) in [6.07, 6.45) is 8.17. The molecule has 0 atom stereocenters. The third-order valence-corrected chi connectivity index (χ3v) is 5.16. The largest absolute Gasteiger partial charge is 0.385 e. The van der Waals surface area contributed by atoms with Gasteiger partial charge in [-0.1, -0.05) is 55.7 Å². The van der Waals surface area contributed by atoms with E-state index >= 15 is 0 Å². The van der Waals surface area contributed by atoms with Crippen molar-refractivity contribution in [3.63, 3.8) is 0 Å². The highest BCUT2D eigenvalue weighted by Crippen LogP contribution is 2.40. The highest BCUT2D eigenvalue weighted by Gasteiger charge is 2.21. The summed E-state index contributed by atoms with van der Waals surface area (Å²) in [5.41, 5.74) is 7.18. The molecule has 2 aliphatic rings. The lowest BCUT2D eigenvalue weighted by atomic mass is 9.89. The van der Waals surface area contributed by atoms with Crippen LogP contribution in [0.2, 0.25) is 0 Å². The van der Waals surface area contributed by atoms with Gasteiger partial charge in [-0.05, 0) is 47.1 Å². The first-order chi connectivity index (χ1) is 10.4. The van der Waals surface area contributed by atoms with Gasteiger partial charge in [0.2, 0.25) is 0 Å². The number of rotatable bonds is 3. The molecule has 1 heteroatoms. The van der Waals surface area contributed by atoms with E-state index in [1.165, 1.54) is 60.0 Å². The van der Waals surface area contributed by atoms with Crippen LogP contribution in [0.25, 0.3) is 11.1 Å². The normalized spacial score (nSPS) is 17.3. The quantitative estimate of drug-likeness (QED) is 0.689. The van der Waals surface area contributed by atoms with Crippen molar-refractivity contribution in [3.8, 4) is 11.1 Å². The summed E-state index contributed by atoms with van der Waals surface area (Å²) in [5, 5.41) is 3.75. The van der Waals surface area contributed by atoms with Crippen LogP contribution in [0.15, 0.2) is 42.5 Å². The predicted octanol–water partition coefficient (Wildman–Crippen LogP) is 5.25. The summed E-state index contributed by atoms with van der Waals surface area (Å²) < 4.78 is 0. The van der Waals surface area contributed by atoms with E-state index in [9.17, 15) is 0 Å². The van der Waals surface area contributed by atoms with Gasteiger partial charge in [-0.3, -0.25) is 0 Å². The maximum absolute atomic E-state index is 3.75. The van der Waals surface area contributed by atoms with Crippen LogP contribution in [0.4, 0.5) is 5.69 Å². The summed E-state index contributed by atoms with van der Waals surface area (Å²) in [6, 6.07) is 15.5. The molecule has 0 saturated heterocycles. The Morgan fingerprint density at radius 3 is 2.57 bits per heavy atom. The minimum atomic E-state index is 0.874. The van der Waals surface area contributed by atoms with Crippen LogP contribution in [0.3, 0.4) is 0 Å². The average molecular weight is 277 g/mol. The zero-order valence-corrected chi connectivity index (χ0v) is 12.6. The maximum Gasteiger partial charge on any atom is 0.0382 e. The van der Waals surface area contributed by atoms with Gasteiger partial charge in [0.1, 0.15) is 0 Å². The summed E-state index contributed by atoms with van der Waals surface area (Å²) in [6.45, 7) is 1.15. The van der Waals surface area contributed by atoms with E-state index in [1.54, 1.807) is 0 Å². The third kappa shape index (κ3) is 2.46. The van der Waals surface area contributed by atoms with Crippen molar-refractivity contribution in [1.82, 2.24) is 0 Å². The fourth-order valence-electron chi connectivity index (χ4n) is 3.97. The fourth-order valence-corrected chi connectivity index (χ4v) is 3.97. The Morgan fingerprint density at radius 1 is 0.857 bits per heavy atom. The number of fused-ring (bicyclic) bond motifs is 3. The molecule has 0 bridgehead atoms. The van der Waals surface area contributed by atoms with Crippen molar-refractivity contribution >= 4 is 5.69 Å². The topological polar surface area (TPSA) is 12.0 Å². The van der Waals surface area contributed by atoms with Gasteiger partial charge in [-0.15, -0.1) is 0 Å². The molecule has 1 saturated carbocycles. The number of benzene rings is 2. The van der Waals surface area contributed by atoms with Crippen LogP contribution >= 0.6 is 0 Å². The van der Waals surface area contributed by atoms with Gasteiger partial charge in [0.25, 0.3) is 0 Å². The number of hydrogen-bond donors (Lipinski definition) is 1. The van der Waals surface area contributed by atoms with Gasteiger partial charge < -0.3 is 5.32 Å². The fraction of sp³-hybridized carbons (Fsp3) is 0.400. The summed E-state index contributed by atoms with van der Waals surface area (Å²) in [5.74, 6) is 0.874. The van der Waals surface area contributed by atoms with E-state index in [0.29, 0.717) is 0 Å². The van der Waals surface area contributed by atoms with Gasteiger partial charge in [-0.25, -0.2) is 0 Å². The van der Waals surface area contributed by atoms with Gasteiger partial charge in [0, 0.05) is 18.7 Å². The second kappa shape index (κ2) is 5.55. The Morgan fingerprint density at radius 2 is 1.67 bits per heavy atom. The van der Waals surface area contributed by atoms with Crippen LogP contribution in [0, 0.1) is 5.92 Å². The molecule has 1 N–H and O–H groups in total. The molecule has 0 unspecified atom stereocenters. The van der Waals surface area contributed by atoms with Crippen LogP contribution in [-0.4, -0.2) is 6.54 Å². The Balaban J connectivity index is 1.55. The Labute approximate surface area is 127 Å². The molecule has 1 fully saturated rings. The Kier molecular flexibility index (Phi) is 3.42. The molecule has 21 heavy (non-hydrogen) atoms. The molecular formula is C20H23N. The number of nitrogens with one attached hydrogen (secondary N) is 1. The summed E-state index contributed by atoms with van der Waals surface area (Å²) >= 11 is 0. The molecule has 0 aromatic heterocycles. The van der Waals surface area contributed by atoms with Crippen molar-refractivity contribution in [2.24, 2.45) is 5.92 Å². The van der Waals surface area contributed by atoms with E-state index in [-0.39, 0.29) is 0 Å². The van der Waals surface area contributed by atoms with Crippen LogP contribution in [0.5, 0.6) is 0 Å². The lowest BCUT2D eigenvalue weighted by Gasteiger charge is -2.23. The van der Waals surface area contributed by atoms with Crippen molar-refractivity contribution in [2.75, 3.05) is 11.9 Å². The van der Waals surface area contributed by atoms with E-state index in [2.05, 4.69) is 47.8 Å². The minimum absolute atomic E-state index is 0.874. The molecule has 4 rings (SSSR count). The lowest BCUT2D eigenvalue weighted by molar-refractivity contribution is 0.373. The Hall–Kier alpha value is -1.76. The van der Waals surface area contributed by atoms with Crippen molar-refractivity contribution < 1.29 is 0 Å². The molecule has 0 radical (unpaired) electrons. The van der Waals surface area contributed by atoms with Crippen LogP contribution in [0.1, 0.15) is 43.2 Å². The zero-order chi connectivity index (χ0) is 14.1. The van der Waals surface area contributed by atoms with Crippen molar-refractivity contribution in [1.29, 1.82) is 0 Å². The lowest BCUT2D eigenvalue weighted by Crippen LogP contribution is -2.17. The average Bonchev–Trinajstić information content (AvgIpc) is 2.93. The van der Waals surface area contributed by atoms with Crippen LogP contribution < -0.4 is 5.32 Å². The molecular weight excluding hydrogens is 254 g/mol. The molecule has 0 amide bonds. The van der Waals surface area contributed by atoms with E-state index in [1.807, 2.05) is 0 Å². The zero-order valence-electron chi connectivity index (χ0n) is 12.6. The highest BCUT2D eigenvalue weighted by atomic mass is 14.9. The molecule has 2 aliphatic carbocycles. The van der Waals surface area contributed by atoms with Crippen molar-refractivity contribution in [2.45, 2.75) is 38.5 Å². The molecule has 0 aliphatic heterocycles. The van der Waals surface area contributed by atoms with Gasteiger partial charge >= 0.3 is 0 Å². The number of hydrogen-bond acceptors (Lipinski definition) is 1. The van der Waals surface area contributed by atoms with Crippen LogP contribution in [-0.2, 0) is 6.42 Å². The standard InChI is InChI=1S/C20H23N/c1-2-7-15(8-3-1)14-21-20-12-6-11-18-17-10-5-4-9-16(17)13-19(18)20/h4-6,9-12,15,21H,1-3,7-8,13-14H2. The summed E-state index contributed by atoms with van der Waals surface area (Å²) in [7, 11) is 0. The third-order valence-electron chi connectivity index (χ3n) is 5.16. The number of anilines is 1. The van der Waals surface area contributed by atoms with Gasteiger partial charge in [0.15, 0.2) is 0 Å². The first kappa shape index (κ1) is 12.9. The first-order valence-corrected chi connectivity index (χ1v) is 8.36. The minimum Gasteiger partial charge on any atom is -0.385 e. The van der Waals surface area contributed by atoms with E-state index < -0.39 is 0 Å². The molecule has 108 valence electrons. The highest BCUT2D eigenvalue weighted by molar-refractivity contribution is 5.81. The summed E-state index contributed by atoms with van der Waals surface area (Å²) in [4.78, 5) is 0. The second-order valence-corrected chi connectivity index (χ2v) is 6.55. The molecule has 0 heterocycles. The van der Waals surface area contributed by atoms with Gasteiger partial charge in [0.05, 0.1) is 0 Å². The monoisotopic (exact) mass is 277 g/mol. The second-order valence-electron chi connectivity index (χ2n) is 6.55. The molecule has 1 nitrogen and oxygen atoms in total. The van der Waals surface area contributed by atoms with E-state index in [0.717, 1.165) is 18.9 Å².